The maximum Gasteiger partial charge on any atom is 0.253 e. The highest BCUT2D eigenvalue weighted by Gasteiger charge is 2.22. The van der Waals surface area contributed by atoms with E-state index in [9.17, 15) is 9.18 Å². The van der Waals surface area contributed by atoms with Gasteiger partial charge in [0.05, 0.1) is 12.6 Å². The summed E-state index contributed by atoms with van der Waals surface area (Å²) in [5.74, 6) is -0.305. The van der Waals surface area contributed by atoms with Crippen molar-refractivity contribution in [3.8, 4) is 0 Å². The molecule has 0 unspecified atom stereocenters. The number of ether oxygens (including phenoxy) is 1. The molecule has 5 nitrogen and oxygen atoms in total. The number of thiocarbonyl (C=S) groups is 1. The average Bonchev–Trinajstić information content (AvgIpc) is 3.24. The Kier molecular flexibility index (Phi) is 6.34. The Hall–Kier alpha value is -2.77. The predicted molar refractivity (Wildman–Crippen MR) is 126 cm³/mol. The number of aromatic nitrogens is 1. The molecule has 1 fully saturated rings. The Morgan fingerprint density at radius 1 is 1.23 bits per heavy atom. The molecule has 31 heavy (non-hydrogen) atoms. The molecule has 1 aliphatic heterocycles. The Morgan fingerprint density at radius 2 is 1.97 bits per heavy atom. The van der Waals surface area contributed by atoms with Crippen LogP contribution in [-0.4, -0.2) is 34.3 Å². The van der Waals surface area contributed by atoms with Crippen LogP contribution in [0.1, 0.15) is 29.5 Å². The summed E-state index contributed by atoms with van der Waals surface area (Å²) in [5.41, 5.74) is 4.35. The molecule has 1 atom stereocenters. The number of anilines is 1. The molecular formula is C24H26FN3O2S. The number of benzene rings is 2. The number of nitrogens with one attached hydrogen (secondary N) is 2. The minimum atomic E-state index is -0.305. The monoisotopic (exact) mass is 439 g/mol. The van der Waals surface area contributed by atoms with Gasteiger partial charge in [0.25, 0.3) is 5.56 Å². The molecule has 0 saturated carbocycles. The lowest BCUT2D eigenvalue weighted by Crippen LogP contribution is -2.40. The van der Waals surface area contributed by atoms with Crippen molar-refractivity contribution in [2.75, 3.05) is 18.5 Å². The highest BCUT2D eigenvalue weighted by Crippen LogP contribution is 2.20. The van der Waals surface area contributed by atoms with Gasteiger partial charge < -0.3 is 19.9 Å². The number of rotatable bonds is 5. The number of H-pyrrole nitrogens is 1. The van der Waals surface area contributed by atoms with Gasteiger partial charge in [-0.25, -0.2) is 4.39 Å². The lowest BCUT2D eigenvalue weighted by molar-refractivity contribution is 0.0904. The third-order valence-electron chi connectivity index (χ3n) is 5.73. The zero-order chi connectivity index (χ0) is 22.0. The first kappa shape index (κ1) is 21.5. The number of nitrogens with zero attached hydrogens (tertiary/aromatic N) is 1. The molecule has 4 rings (SSSR count). The molecule has 2 N–H and O–H groups in total. The highest BCUT2D eigenvalue weighted by atomic mass is 32.1. The fourth-order valence-corrected chi connectivity index (χ4v) is 4.09. The minimum absolute atomic E-state index is 0.0670. The SMILES string of the molecule is Cc1cc2cc(CN(C[C@@H]3CCCO3)C(=S)Nc3ccc(F)cc3)c(=O)[nH]c2cc1C. The molecule has 0 aliphatic carbocycles. The van der Waals surface area contributed by atoms with Crippen molar-refractivity contribution in [1.82, 2.24) is 9.88 Å². The number of aryl methyl sites for hydroxylation is 2. The quantitative estimate of drug-likeness (QED) is 0.566. The standard InChI is InChI=1S/C24H26FN3O2S/c1-15-10-17-12-18(23(29)27-22(17)11-16(15)2)13-28(14-21-4-3-9-30-21)24(31)26-20-7-5-19(25)6-8-20/h5-8,10-12,21H,3-4,9,13-14H2,1-2H3,(H,26,31)(H,27,29)/t21-/m0/s1. The largest absolute Gasteiger partial charge is 0.376 e. The second-order valence-electron chi connectivity index (χ2n) is 8.10. The summed E-state index contributed by atoms with van der Waals surface area (Å²) < 4.78 is 19.0. The summed E-state index contributed by atoms with van der Waals surface area (Å²) >= 11 is 5.65. The minimum Gasteiger partial charge on any atom is -0.376 e. The molecule has 0 spiro atoms. The van der Waals surface area contributed by atoms with Crippen LogP contribution in [0.15, 0.2) is 47.3 Å². The molecule has 2 heterocycles. The Balaban J connectivity index is 1.61. The lowest BCUT2D eigenvalue weighted by Gasteiger charge is -2.28. The van der Waals surface area contributed by atoms with Gasteiger partial charge in [-0.05, 0) is 97.9 Å². The molecule has 3 aromatic rings. The van der Waals surface area contributed by atoms with Crippen molar-refractivity contribution in [2.24, 2.45) is 0 Å². The molecule has 1 aliphatic rings. The first-order chi connectivity index (χ1) is 14.9. The van der Waals surface area contributed by atoms with Crippen molar-refractivity contribution in [3.05, 3.63) is 75.3 Å². The van der Waals surface area contributed by atoms with E-state index >= 15 is 0 Å². The third-order valence-corrected chi connectivity index (χ3v) is 6.09. The van der Waals surface area contributed by atoms with Crippen LogP contribution in [0.2, 0.25) is 0 Å². The first-order valence-electron chi connectivity index (χ1n) is 10.5. The molecule has 2 aromatic carbocycles. The molecule has 162 valence electrons. The van der Waals surface area contributed by atoms with E-state index in [4.69, 9.17) is 17.0 Å². The highest BCUT2D eigenvalue weighted by molar-refractivity contribution is 7.80. The van der Waals surface area contributed by atoms with Crippen LogP contribution in [0.25, 0.3) is 10.9 Å². The molecule has 7 heteroatoms. The van der Waals surface area contributed by atoms with E-state index in [1.165, 1.54) is 17.7 Å². The van der Waals surface area contributed by atoms with Gasteiger partial charge in [0, 0.05) is 29.9 Å². The summed E-state index contributed by atoms with van der Waals surface area (Å²) in [6.45, 7) is 5.77. The number of fused-ring (bicyclic) bond motifs is 1. The molecule has 0 amide bonds. The summed E-state index contributed by atoms with van der Waals surface area (Å²) in [7, 11) is 0. The van der Waals surface area contributed by atoms with Crippen LogP contribution in [0.5, 0.6) is 0 Å². The van der Waals surface area contributed by atoms with Gasteiger partial charge in [-0.2, -0.15) is 0 Å². The summed E-state index contributed by atoms with van der Waals surface area (Å²) in [6.07, 6.45) is 2.05. The second-order valence-corrected chi connectivity index (χ2v) is 8.49. The zero-order valence-electron chi connectivity index (χ0n) is 17.7. The predicted octanol–water partition coefficient (Wildman–Crippen LogP) is 4.66. The molecule has 1 saturated heterocycles. The van der Waals surface area contributed by atoms with E-state index in [2.05, 4.69) is 23.3 Å². The van der Waals surface area contributed by atoms with Crippen LogP contribution in [0, 0.1) is 19.7 Å². The topological polar surface area (TPSA) is 57.4 Å². The lowest BCUT2D eigenvalue weighted by atomic mass is 10.0. The van der Waals surface area contributed by atoms with Crippen molar-refractivity contribution in [1.29, 1.82) is 0 Å². The zero-order valence-corrected chi connectivity index (χ0v) is 18.5. The fourth-order valence-electron chi connectivity index (χ4n) is 3.83. The maximum atomic E-state index is 13.2. The first-order valence-corrected chi connectivity index (χ1v) is 10.9. The van der Waals surface area contributed by atoms with Gasteiger partial charge in [-0.3, -0.25) is 4.79 Å². The van der Waals surface area contributed by atoms with Crippen LogP contribution >= 0.6 is 12.2 Å². The number of halogens is 1. The molecular weight excluding hydrogens is 413 g/mol. The molecule has 0 bridgehead atoms. The van der Waals surface area contributed by atoms with Crippen molar-refractivity contribution >= 4 is 33.9 Å². The van der Waals surface area contributed by atoms with Gasteiger partial charge in [0.1, 0.15) is 5.82 Å². The molecule has 1 aromatic heterocycles. The summed E-state index contributed by atoms with van der Waals surface area (Å²) in [5, 5.41) is 4.63. The van der Waals surface area contributed by atoms with E-state index in [0.29, 0.717) is 29.5 Å². The normalized spacial score (nSPS) is 15.9. The number of pyridine rings is 1. The van der Waals surface area contributed by atoms with Gasteiger partial charge in [-0.1, -0.05) is 0 Å². The van der Waals surface area contributed by atoms with E-state index in [1.54, 1.807) is 12.1 Å². The Labute approximate surface area is 186 Å². The maximum absolute atomic E-state index is 13.2. The van der Waals surface area contributed by atoms with E-state index in [1.807, 2.05) is 24.0 Å². The van der Waals surface area contributed by atoms with Crippen LogP contribution in [0.4, 0.5) is 10.1 Å². The van der Waals surface area contributed by atoms with Gasteiger partial charge in [0.2, 0.25) is 0 Å². The second kappa shape index (κ2) is 9.16. The van der Waals surface area contributed by atoms with Gasteiger partial charge in [0.15, 0.2) is 5.11 Å². The smallest absolute Gasteiger partial charge is 0.253 e. The van der Waals surface area contributed by atoms with Crippen LogP contribution in [-0.2, 0) is 11.3 Å². The Morgan fingerprint density at radius 3 is 2.68 bits per heavy atom. The molecule has 0 radical (unpaired) electrons. The van der Waals surface area contributed by atoms with E-state index in [0.717, 1.165) is 35.9 Å². The van der Waals surface area contributed by atoms with Crippen molar-refractivity contribution in [2.45, 2.75) is 39.3 Å². The van der Waals surface area contributed by atoms with Gasteiger partial charge in [-0.15, -0.1) is 0 Å². The van der Waals surface area contributed by atoms with Crippen LogP contribution < -0.4 is 10.9 Å². The fraction of sp³-hybridized carbons (Fsp3) is 0.333. The average molecular weight is 440 g/mol. The number of hydrogen-bond acceptors (Lipinski definition) is 3. The van der Waals surface area contributed by atoms with E-state index in [-0.39, 0.29) is 17.5 Å². The Bertz CT molecular complexity index is 1150. The summed E-state index contributed by atoms with van der Waals surface area (Å²) in [6, 6.07) is 12.1. The van der Waals surface area contributed by atoms with E-state index < -0.39 is 0 Å². The number of hydrogen-bond donors (Lipinski definition) is 2. The van der Waals surface area contributed by atoms with Gasteiger partial charge >= 0.3 is 0 Å². The van der Waals surface area contributed by atoms with Crippen molar-refractivity contribution < 1.29 is 9.13 Å². The summed E-state index contributed by atoms with van der Waals surface area (Å²) in [4.78, 5) is 17.8. The van der Waals surface area contributed by atoms with Crippen LogP contribution in [0.3, 0.4) is 0 Å². The van der Waals surface area contributed by atoms with Crippen molar-refractivity contribution in [3.63, 3.8) is 0 Å². The third kappa shape index (κ3) is 5.11. The number of aromatic amines is 1.